The van der Waals surface area contributed by atoms with Crippen LogP contribution in [0.5, 0.6) is 0 Å². The standard InChI is InChI=1S/C16H29N3O2/c1-13-11-19(14(2)12-20-3)16(18-13)17-9-10-21-15-7-5-4-6-8-15/h11,14-15H,4-10,12H2,1-3H3,(H,17,18). The van der Waals surface area contributed by atoms with Gasteiger partial charge in [-0.25, -0.2) is 4.98 Å². The van der Waals surface area contributed by atoms with Gasteiger partial charge in [-0.05, 0) is 26.7 Å². The van der Waals surface area contributed by atoms with Gasteiger partial charge in [0.05, 0.1) is 31.1 Å². The molecule has 1 fully saturated rings. The van der Waals surface area contributed by atoms with Crippen LogP contribution in [-0.2, 0) is 9.47 Å². The Bertz CT molecular complexity index is 414. The molecule has 21 heavy (non-hydrogen) atoms. The van der Waals surface area contributed by atoms with E-state index in [9.17, 15) is 0 Å². The van der Waals surface area contributed by atoms with E-state index in [4.69, 9.17) is 9.47 Å². The van der Waals surface area contributed by atoms with Crippen LogP contribution >= 0.6 is 0 Å². The predicted octanol–water partition coefficient (Wildman–Crippen LogP) is 3.16. The molecule has 1 N–H and O–H groups in total. The molecule has 0 amide bonds. The molecule has 0 saturated heterocycles. The highest BCUT2D eigenvalue weighted by molar-refractivity contribution is 5.29. The second kappa shape index (κ2) is 8.39. The van der Waals surface area contributed by atoms with E-state index >= 15 is 0 Å². The Kier molecular flexibility index (Phi) is 6.51. The molecule has 5 heteroatoms. The number of hydrogen-bond acceptors (Lipinski definition) is 4. The van der Waals surface area contributed by atoms with E-state index in [0.717, 1.165) is 24.8 Å². The number of aryl methyl sites for hydroxylation is 1. The second-order valence-corrected chi connectivity index (χ2v) is 5.98. The van der Waals surface area contributed by atoms with Gasteiger partial charge in [0, 0.05) is 19.9 Å². The summed E-state index contributed by atoms with van der Waals surface area (Å²) in [5, 5.41) is 3.38. The first-order valence-corrected chi connectivity index (χ1v) is 8.10. The van der Waals surface area contributed by atoms with Crippen molar-refractivity contribution >= 4 is 5.95 Å². The summed E-state index contributed by atoms with van der Waals surface area (Å²) in [6, 6.07) is 0.276. The summed E-state index contributed by atoms with van der Waals surface area (Å²) in [5.41, 5.74) is 1.02. The van der Waals surface area contributed by atoms with E-state index in [-0.39, 0.29) is 6.04 Å². The highest BCUT2D eigenvalue weighted by Crippen LogP contribution is 2.20. The smallest absolute Gasteiger partial charge is 0.203 e. The molecule has 0 radical (unpaired) electrons. The number of anilines is 1. The van der Waals surface area contributed by atoms with Gasteiger partial charge in [0.15, 0.2) is 0 Å². The molecule has 0 aliphatic heterocycles. The molecule has 5 nitrogen and oxygen atoms in total. The third-order valence-electron chi connectivity index (χ3n) is 4.03. The van der Waals surface area contributed by atoms with Crippen LogP contribution in [0.4, 0.5) is 5.95 Å². The molecular weight excluding hydrogens is 266 g/mol. The summed E-state index contributed by atoms with van der Waals surface area (Å²) in [6.07, 6.45) is 8.97. The molecule has 120 valence electrons. The van der Waals surface area contributed by atoms with Gasteiger partial charge in [-0.3, -0.25) is 0 Å². The topological polar surface area (TPSA) is 48.3 Å². The van der Waals surface area contributed by atoms with E-state index in [2.05, 4.69) is 28.0 Å². The van der Waals surface area contributed by atoms with Crippen molar-refractivity contribution in [1.82, 2.24) is 9.55 Å². The van der Waals surface area contributed by atoms with Crippen LogP contribution in [0, 0.1) is 6.92 Å². The number of nitrogens with zero attached hydrogens (tertiary/aromatic N) is 2. The Morgan fingerprint density at radius 1 is 1.38 bits per heavy atom. The maximum atomic E-state index is 5.94. The van der Waals surface area contributed by atoms with Crippen LogP contribution in [0.2, 0.25) is 0 Å². The fourth-order valence-corrected chi connectivity index (χ4v) is 2.92. The fourth-order valence-electron chi connectivity index (χ4n) is 2.92. The Hall–Kier alpha value is -1.07. The summed E-state index contributed by atoms with van der Waals surface area (Å²) in [6.45, 7) is 6.37. The Labute approximate surface area is 128 Å². The summed E-state index contributed by atoms with van der Waals surface area (Å²) in [5.74, 6) is 0.907. The zero-order valence-corrected chi connectivity index (χ0v) is 13.6. The van der Waals surface area contributed by atoms with Gasteiger partial charge in [0.1, 0.15) is 0 Å². The quantitative estimate of drug-likeness (QED) is 0.748. The number of aromatic nitrogens is 2. The summed E-state index contributed by atoms with van der Waals surface area (Å²) < 4.78 is 13.3. The third-order valence-corrected chi connectivity index (χ3v) is 4.03. The third kappa shape index (κ3) is 5.00. The van der Waals surface area contributed by atoms with Crippen molar-refractivity contribution in [3.05, 3.63) is 11.9 Å². The monoisotopic (exact) mass is 295 g/mol. The minimum atomic E-state index is 0.276. The van der Waals surface area contributed by atoms with Gasteiger partial charge >= 0.3 is 0 Å². The second-order valence-electron chi connectivity index (χ2n) is 5.98. The minimum Gasteiger partial charge on any atom is -0.383 e. The number of imidazole rings is 1. The highest BCUT2D eigenvalue weighted by Gasteiger charge is 2.14. The van der Waals surface area contributed by atoms with E-state index in [1.807, 2.05) is 6.92 Å². The minimum absolute atomic E-state index is 0.276. The van der Waals surface area contributed by atoms with Crippen molar-refractivity contribution in [2.75, 3.05) is 32.2 Å². The summed E-state index contributed by atoms with van der Waals surface area (Å²) in [4.78, 5) is 4.54. The maximum Gasteiger partial charge on any atom is 0.203 e. The van der Waals surface area contributed by atoms with Gasteiger partial charge in [0.25, 0.3) is 0 Å². The van der Waals surface area contributed by atoms with Crippen LogP contribution in [0.3, 0.4) is 0 Å². The van der Waals surface area contributed by atoms with Crippen LogP contribution in [0.25, 0.3) is 0 Å². The Morgan fingerprint density at radius 2 is 2.14 bits per heavy atom. The summed E-state index contributed by atoms with van der Waals surface area (Å²) in [7, 11) is 1.73. The zero-order valence-electron chi connectivity index (χ0n) is 13.6. The molecule has 1 atom stereocenters. The first-order valence-electron chi connectivity index (χ1n) is 8.10. The SMILES string of the molecule is COCC(C)n1cc(C)nc1NCCOC1CCCCC1. The van der Waals surface area contributed by atoms with Crippen LogP contribution in [0.15, 0.2) is 6.20 Å². The van der Waals surface area contributed by atoms with Crippen LogP contribution < -0.4 is 5.32 Å². The molecule has 1 heterocycles. The van der Waals surface area contributed by atoms with Crippen LogP contribution in [-0.4, -0.2) is 42.5 Å². The van der Waals surface area contributed by atoms with Crippen molar-refractivity contribution in [2.24, 2.45) is 0 Å². The molecule has 1 unspecified atom stereocenters. The van der Waals surface area contributed by atoms with Crippen molar-refractivity contribution in [2.45, 2.75) is 58.1 Å². The number of nitrogens with one attached hydrogen (secondary N) is 1. The molecule has 1 saturated carbocycles. The van der Waals surface area contributed by atoms with Gasteiger partial charge in [-0.15, -0.1) is 0 Å². The Morgan fingerprint density at radius 3 is 2.86 bits per heavy atom. The van der Waals surface area contributed by atoms with E-state index < -0.39 is 0 Å². The van der Waals surface area contributed by atoms with Crippen molar-refractivity contribution in [3.63, 3.8) is 0 Å². The molecule has 0 aromatic carbocycles. The van der Waals surface area contributed by atoms with Gasteiger partial charge < -0.3 is 19.4 Å². The van der Waals surface area contributed by atoms with E-state index in [0.29, 0.717) is 12.7 Å². The molecule has 1 aromatic heterocycles. The zero-order chi connectivity index (χ0) is 15.1. The molecule has 1 aliphatic carbocycles. The lowest BCUT2D eigenvalue weighted by molar-refractivity contribution is 0.0346. The van der Waals surface area contributed by atoms with Crippen molar-refractivity contribution in [3.8, 4) is 0 Å². The average molecular weight is 295 g/mol. The lowest BCUT2D eigenvalue weighted by Gasteiger charge is -2.22. The van der Waals surface area contributed by atoms with E-state index in [1.54, 1.807) is 7.11 Å². The number of hydrogen-bond donors (Lipinski definition) is 1. The summed E-state index contributed by atoms with van der Waals surface area (Å²) >= 11 is 0. The number of ether oxygens (including phenoxy) is 2. The van der Waals surface area contributed by atoms with Gasteiger partial charge in [-0.1, -0.05) is 19.3 Å². The Balaban J connectivity index is 1.76. The number of rotatable bonds is 8. The first kappa shape index (κ1) is 16.3. The molecular formula is C16H29N3O2. The van der Waals surface area contributed by atoms with Gasteiger partial charge in [0.2, 0.25) is 5.95 Å². The number of methoxy groups -OCH3 is 1. The molecule has 1 aliphatic rings. The molecule has 2 rings (SSSR count). The first-order chi connectivity index (χ1) is 10.2. The molecule has 0 bridgehead atoms. The van der Waals surface area contributed by atoms with Gasteiger partial charge in [-0.2, -0.15) is 0 Å². The van der Waals surface area contributed by atoms with Crippen molar-refractivity contribution in [1.29, 1.82) is 0 Å². The van der Waals surface area contributed by atoms with Crippen molar-refractivity contribution < 1.29 is 9.47 Å². The van der Waals surface area contributed by atoms with Crippen LogP contribution in [0.1, 0.15) is 50.8 Å². The predicted molar refractivity (Wildman–Crippen MR) is 84.9 cm³/mol. The lowest BCUT2D eigenvalue weighted by atomic mass is 9.98. The molecule has 0 spiro atoms. The normalized spacial score (nSPS) is 17.9. The fraction of sp³-hybridized carbons (Fsp3) is 0.812. The average Bonchev–Trinajstić information content (AvgIpc) is 2.86. The lowest BCUT2D eigenvalue weighted by Crippen LogP contribution is -2.22. The maximum absolute atomic E-state index is 5.94. The highest BCUT2D eigenvalue weighted by atomic mass is 16.5. The van der Waals surface area contributed by atoms with E-state index in [1.165, 1.54) is 32.1 Å². The molecule has 1 aromatic rings. The largest absolute Gasteiger partial charge is 0.383 e.